The number of carboxylic acids is 1. The van der Waals surface area contributed by atoms with Crippen molar-refractivity contribution in [3.8, 4) is 11.5 Å². The number of carboxylic acid groups (broad SMARTS) is 1. The van der Waals surface area contributed by atoms with E-state index in [4.69, 9.17) is 4.74 Å². The van der Waals surface area contributed by atoms with Gasteiger partial charge in [-0.25, -0.2) is 4.79 Å². The second-order valence-electron chi connectivity index (χ2n) is 6.79. The Morgan fingerprint density at radius 3 is 2.36 bits per heavy atom. The molecule has 6 heteroatoms. The zero-order valence-corrected chi connectivity index (χ0v) is 16.9. The minimum absolute atomic E-state index is 0.100. The van der Waals surface area contributed by atoms with E-state index in [9.17, 15) is 14.7 Å². The van der Waals surface area contributed by atoms with Gasteiger partial charge < -0.3 is 15.2 Å². The van der Waals surface area contributed by atoms with Crippen molar-refractivity contribution in [3.63, 3.8) is 0 Å². The van der Waals surface area contributed by atoms with Gasteiger partial charge in [-0.3, -0.25) is 4.79 Å². The Labute approximate surface area is 172 Å². The normalized spacial score (nSPS) is 15.1. The maximum absolute atomic E-state index is 12.4. The molecule has 5 nitrogen and oxygen atoms in total. The van der Waals surface area contributed by atoms with Crippen LogP contribution in [0.1, 0.15) is 37.7 Å². The fourth-order valence-corrected chi connectivity index (χ4v) is 3.57. The zero-order chi connectivity index (χ0) is 19.9. The van der Waals surface area contributed by atoms with Gasteiger partial charge in [-0.2, -0.15) is 0 Å². The lowest BCUT2D eigenvalue weighted by atomic mass is 9.88. The van der Waals surface area contributed by atoms with Crippen LogP contribution in [-0.4, -0.2) is 17.0 Å². The Morgan fingerprint density at radius 2 is 1.71 bits per heavy atom. The van der Waals surface area contributed by atoms with Crippen LogP contribution in [0, 0.1) is 5.92 Å². The fourth-order valence-electron chi connectivity index (χ4n) is 3.20. The van der Waals surface area contributed by atoms with Gasteiger partial charge in [0, 0.05) is 5.92 Å². The summed E-state index contributed by atoms with van der Waals surface area (Å²) in [4.78, 5) is 23.9. The number of aliphatic carboxylic acids is 1. The van der Waals surface area contributed by atoms with Crippen LogP contribution in [0.4, 0.5) is 0 Å². The van der Waals surface area contributed by atoms with Gasteiger partial charge in [-0.15, -0.1) is 0 Å². The minimum atomic E-state index is -1.15. The highest BCUT2D eigenvalue weighted by molar-refractivity contribution is 9.10. The zero-order valence-electron chi connectivity index (χ0n) is 15.4. The summed E-state index contributed by atoms with van der Waals surface area (Å²) in [5, 5.41) is 12.0. The first-order valence-corrected chi connectivity index (χ1v) is 10.1. The summed E-state index contributed by atoms with van der Waals surface area (Å²) in [7, 11) is 0. The van der Waals surface area contributed by atoms with E-state index in [-0.39, 0.29) is 17.5 Å². The van der Waals surface area contributed by atoms with Crippen molar-refractivity contribution < 1.29 is 19.4 Å². The summed E-state index contributed by atoms with van der Waals surface area (Å²) in [6.45, 7) is 0. The van der Waals surface area contributed by atoms with E-state index in [0.29, 0.717) is 17.1 Å². The van der Waals surface area contributed by atoms with E-state index in [1.807, 2.05) is 24.3 Å². The van der Waals surface area contributed by atoms with Crippen molar-refractivity contribution in [1.82, 2.24) is 5.32 Å². The SMILES string of the molecule is O=C(O)C(=Cc1ccc(Oc2ccccc2Br)cc1)NC(=O)C1CCCCC1. The van der Waals surface area contributed by atoms with Crippen molar-refractivity contribution in [1.29, 1.82) is 0 Å². The average Bonchev–Trinajstić information content (AvgIpc) is 2.71. The molecule has 0 aromatic heterocycles. The Balaban J connectivity index is 1.69. The molecule has 1 aliphatic carbocycles. The molecule has 1 aliphatic rings. The quantitative estimate of drug-likeness (QED) is 0.588. The minimum Gasteiger partial charge on any atom is -0.477 e. The van der Waals surface area contributed by atoms with Crippen LogP contribution in [0.5, 0.6) is 11.5 Å². The Bertz CT molecular complexity index is 870. The summed E-state index contributed by atoms with van der Waals surface area (Å²) in [6, 6.07) is 14.5. The molecule has 0 unspecified atom stereocenters. The lowest BCUT2D eigenvalue weighted by Gasteiger charge is -2.20. The number of hydrogen-bond acceptors (Lipinski definition) is 3. The van der Waals surface area contributed by atoms with E-state index in [2.05, 4.69) is 21.2 Å². The van der Waals surface area contributed by atoms with E-state index in [1.165, 1.54) is 6.08 Å². The number of carbonyl (C=O) groups excluding carboxylic acids is 1. The molecule has 1 saturated carbocycles. The number of halogens is 1. The predicted molar refractivity (Wildman–Crippen MR) is 111 cm³/mol. The first-order valence-electron chi connectivity index (χ1n) is 9.31. The van der Waals surface area contributed by atoms with Crippen LogP contribution in [0.15, 0.2) is 58.7 Å². The molecule has 2 aromatic rings. The van der Waals surface area contributed by atoms with Gasteiger partial charge in [-0.05, 0) is 64.7 Å². The molecule has 1 amide bonds. The van der Waals surface area contributed by atoms with Gasteiger partial charge >= 0.3 is 5.97 Å². The van der Waals surface area contributed by atoms with Crippen LogP contribution in [0.25, 0.3) is 6.08 Å². The Hall–Kier alpha value is -2.60. The second-order valence-corrected chi connectivity index (χ2v) is 7.64. The summed E-state index contributed by atoms with van der Waals surface area (Å²) in [5.41, 5.74) is 0.552. The van der Waals surface area contributed by atoms with Gasteiger partial charge in [0.15, 0.2) is 0 Å². The number of nitrogens with one attached hydrogen (secondary N) is 1. The summed E-state index contributed by atoms with van der Waals surface area (Å²) in [5.74, 6) is -0.138. The third kappa shape index (κ3) is 5.45. The highest BCUT2D eigenvalue weighted by atomic mass is 79.9. The molecule has 146 valence electrons. The molecule has 0 saturated heterocycles. The van der Waals surface area contributed by atoms with Crippen molar-refractivity contribution in [3.05, 3.63) is 64.3 Å². The summed E-state index contributed by atoms with van der Waals surface area (Å²) >= 11 is 3.43. The van der Waals surface area contributed by atoms with Crippen LogP contribution in [0.2, 0.25) is 0 Å². The number of benzene rings is 2. The topological polar surface area (TPSA) is 75.6 Å². The maximum Gasteiger partial charge on any atom is 0.352 e. The smallest absolute Gasteiger partial charge is 0.352 e. The highest BCUT2D eigenvalue weighted by Crippen LogP contribution is 2.29. The van der Waals surface area contributed by atoms with Crippen molar-refractivity contribution in [2.24, 2.45) is 5.92 Å². The Morgan fingerprint density at radius 1 is 1.04 bits per heavy atom. The van der Waals surface area contributed by atoms with Crippen molar-refractivity contribution in [2.75, 3.05) is 0 Å². The van der Waals surface area contributed by atoms with E-state index < -0.39 is 5.97 Å². The molecule has 0 bridgehead atoms. The van der Waals surface area contributed by atoms with Gasteiger partial charge in [0.05, 0.1) is 4.47 Å². The third-order valence-corrected chi connectivity index (χ3v) is 5.37. The standard InChI is InChI=1S/C22H22BrNO4/c23-18-8-4-5-9-20(18)28-17-12-10-15(11-13-17)14-19(22(26)27)24-21(25)16-6-2-1-3-7-16/h4-5,8-14,16H,1-3,6-7H2,(H,24,25)(H,26,27). The fraction of sp³-hybridized carbons (Fsp3) is 0.273. The Kier molecular flexibility index (Phi) is 6.87. The lowest BCUT2D eigenvalue weighted by Crippen LogP contribution is -2.33. The molecule has 28 heavy (non-hydrogen) atoms. The van der Waals surface area contributed by atoms with E-state index in [0.717, 1.165) is 36.6 Å². The highest BCUT2D eigenvalue weighted by Gasteiger charge is 2.23. The molecular formula is C22H22BrNO4. The number of para-hydroxylation sites is 1. The number of rotatable bonds is 6. The molecule has 3 rings (SSSR count). The summed E-state index contributed by atoms with van der Waals surface area (Å²) in [6.07, 6.45) is 6.27. The summed E-state index contributed by atoms with van der Waals surface area (Å²) < 4.78 is 6.65. The number of ether oxygens (including phenoxy) is 1. The monoisotopic (exact) mass is 443 g/mol. The maximum atomic E-state index is 12.4. The number of carbonyl (C=O) groups is 2. The van der Waals surface area contributed by atoms with Gasteiger partial charge in [-0.1, -0.05) is 43.5 Å². The van der Waals surface area contributed by atoms with E-state index >= 15 is 0 Å². The predicted octanol–water partition coefficient (Wildman–Crippen LogP) is 5.36. The molecule has 0 spiro atoms. The molecule has 0 atom stereocenters. The first kappa shape index (κ1) is 20.1. The number of amides is 1. The molecule has 0 heterocycles. The van der Waals surface area contributed by atoms with Gasteiger partial charge in [0.1, 0.15) is 17.2 Å². The average molecular weight is 444 g/mol. The molecule has 2 N–H and O–H groups in total. The molecular weight excluding hydrogens is 422 g/mol. The molecule has 1 fully saturated rings. The third-order valence-electron chi connectivity index (χ3n) is 4.72. The lowest BCUT2D eigenvalue weighted by molar-refractivity contribution is -0.135. The largest absolute Gasteiger partial charge is 0.477 e. The van der Waals surface area contributed by atoms with Crippen molar-refractivity contribution >= 4 is 33.9 Å². The molecule has 0 radical (unpaired) electrons. The van der Waals surface area contributed by atoms with Crippen LogP contribution >= 0.6 is 15.9 Å². The van der Waals surface area contributed by atoms with Crippen LogP contribution in [0.3, 0.4) is 0 Å². The first-order chi connectivity index (χ1) is 13.5. The second kappa shape index (κ2) is 9.55. The van der Waals surface area contributed by atoms with Crippen LogP contribution < -0.4 is 10.1 Å². The van der Waals surface area contributed by atoms with Gasteiger partial charge in [0.2, 0.25) is 5.91 Å². The van der Waals surface area contributed by atoms with Crippen molar-refractivity contribution in [2.45, 2.75) is 32.1 Å². The van der Waals surface area contributed by atoms with Crippen LogP contribution in [-0.2, 0) is 9.59 Å². The van der Waals surface area contributed by atoms with Gasteiger partial charge in [0.25, 0.3) is 0 Å². The van der Waals surface area contributed by atoms with E-state index in [1.54, 1.807) is 24.3 Å². The molecule has 0 aliphatic heterocycles. The number of hydrogen-bond donors (Lipinski definition) is 2. The molecule has 2 aromatic carbocycles.